The minimum atomic E-state index is -0.297. The van der Waals surface area contributed by atoms with E-state index in [0.29, 0.717) is 40.9 Å². The van der Waals surface area contributed by atoms with E-state index in [-0.39, 0.29) is 23.3 Å². The second kappa shape index (κ2) is 8.99. The van der Waals surface area contributed by atoms with Crippen molar-refractivity contribution in [1.82, 2.24) is 25.1 Å². The summed E-state index contributed by atoms with van der Waals surface area (Å²) in [7, 11) is 0. The molecule has 10 heteroatoms. The van der Waals surface area contributed by atoms with Gasteiger partial charge in [0.1, 0.15) is 18.6 Å². The van der Waals surface area contributed by atoms with Crippen LogP contribution in [-0.2, 0) is 4.79 Å². The third kappa shape index (κ3) is 4.42. The molecular weight excluding hydrogens is 442 g/mol. The second-order valence-corrected chi connectivity index (χ2v) is 8.45. The van der Waals surface area contributed by atoms with Crippen molar-refractivity contribution in [2.24, 2.45) is 0 Å². The van der Waals surface area contributed by atoms with Crippen molar-refractivity contribution in [2.75, 3.05) is 19.0 Å². The van der Waals surface area contributed by atoms with Crippen LogP contribution in [0.4, 0.5) is 0 Å². The molecule has 1 atom stereocenters. The number of ether oxygens (including phenoxy) is 2. The van der Waals surface area contributed by atoms with E-state index >= 15 is 0 Å². The molecular formula is C23H21N5O4S. The van der Waals surface area contributed by atoms with Crippen molar-refractivity contribution in [3.05, 3.63) is 70.6 Å². The second-order valence-electron chi connectivity index (χ2n) is 7.48. The number of para-hydroxylation sites is 1. The van der Waals surface area contributed by atoms with E-state index in [1.807, 2.05) is 55.5 Å². The predicted octanol–water partition coefficient (Wildman–Crippen LogP) is 2.85. The van der Waals surface area contributed by atoms with Crippen molar-refractivity contribution >= 4 is 28.7 Å². The quantitative estimate of drug-likeness (QED) is 0.334. The number of nitrogens with one attached hydrogen (secondary N) is 2. The molecule has 0 spiro atoms. The molecule has 1 amide bonds. The fraction of sp³-hybridized carbons (Fsp3) is 0.217. The highest BCUT2D eigenvalue weighted by atomic mass is 32.2. The van der Waals surface area contributed by atoms with E-state index in [4.69, 9.17) is 9.47 Å². The lowest BCUT2D eigenvalue weighted by Crippen LogP contribution is -2.28. The number of hydrogen-bond donors (Lipinski definition) is 2. The number of carbonyl (C=O) groups is 1. The maximum Gasteiger partial charge on any atom is 0.262 e. The lowest BCUT2D eigenvalue weighted by Gasteiger charge is -2.21. The van der Waals surface area contributed by atoms with E-state index < -0.39 is 0 Å². The lowest BCUT2D eigenvalue weighted by molar-refractivity contribution is -0.119. The predicted molar refractivity (Wildman–Crippen MR) is 124 cm³/mol. The van der Waals surface area contributed by atoms with Crippen molar-refractivity contribution in [3.63, 3.8) is 0 Å². The van der Waals surface area contributed by atoms with E-state index in [1.54, 1.807) is 4.68 Å². The zero-order valence-corrected chi connectivity index (χ0v) is 18.6. The molecule has 168 valence electrons. The van der Waals surface area contributed by atoms with Crippen LogP contribution in [0.15, 0.2) is 64.7 Å². The Labute approximate surface area is 193 Å². The summed E-state index contributed by atoms with van der Waals surface area (Å²) in [6, 6.07) is 14.9. The first-order valence-electron chi connectivity index (χ1n) is 10.4. The van der Waals surface area contributed by atoms with Gasteiger partial charge in [-0.3, -0.25) is 9.59 Å². The van der Waals surface area contributed by atoms with Crippen LogP contribution in [0.25, 0.3) is 16.7 Å². The van der Waals surface area contributed by atoms with Crippen LogP contribution in [-0.4, -0.2) is 44.6 Å². The summed E-state index contributed by atoms with van der Waals surface area (Å²) >= 11 is 1.16. The molecule has 4 aromatic rings. The highest BCUT2D eigenvalue weighted by molar-refractivity contribution is 7.99. The molecule has 5 rings (SSSR count). The van der Waals surface area contributed by atoms with E-state index in [9.17, 15) is 9.59 Å². The van der Waals surface area contributed by atoms with E-state index in [1.165, 1.54) is 6.20 Å². The Kier molecular flexibility index (Phi) is 5.74. The van der Waals surface area contributed by atoms with Gasteiger partial charge in [-0.05, 0) is 36.8 Å². The first-order chi connectivity index (χ1) is 16.1. The zero-order valence-electron chi connectivity index (χ0n) is 17.8. The summed E-state index contributed by atoms with van der Waals surface area (Å²) < 4.78 is 12.8. The fourth-order valence-electron chi connectivity index (χ4n) is 3.55. The summed E-state index contributed by atoms with van der Waals surface area (Å²) in [5.41, 5.74) is 1.86. The third-order valence-electron chi connectivity index (χ3n) is 5.20. The van der Waals surface area contributed by atoms with Gasteiger partial charge in [0.25, 0.3) is 5.56 Å². The van der Waals surface area contributed by atoms with E-state index in [2.05, 4.69) is 20.4 Å². The van der Waals surface area contributed by atoms with Gasteiger partial charge in [-0.2, -0.15) is 5.10 Å². The molecule has 0 saturated heterocycles. The normalized spacial score (nSPS) is 13.6. The summed E-state index contributed by atoms with van der Waals surface area (Å²) in [5.74, 6) is 1.31. The minimum absolute atomic E-state index is 0.100. The highest BCUT2D eigenvalue weighted by Gasteiger charge is 2.17. The molecule has 0 saturated carbocycles. The fourth-order valence-corrected chi connectivity index (χ4v) is 4.22. The molecule has 0 radical (unpaired) electrons. The number of rotatable bonds is 6. The van der Waals surface area contributed by atoms with Gasteiger partial charge in [0.15, 0.2) is 22.3 Å². The SMILES string of the molecule is C[C@H](NC(=O)CSc1nc2c(cnn2-c2ccccc2)c(=O)[nH]1)c1ccc2c(c1)OCCO2. The van der Waals surface area contributed by atoms with Crippen LogP contribution in [0.2, 0.25) is 0 Å². The Morgan fingerprint density at radius 3 is 2.79 bits per heavy atom. The third-order valence-corrected chi connectivity index (χ3v) is 6.07. The Balaban J connectivity index is 1.27. The Morgan fingerprint density at radius 2 is 1.97 bits per heavy atom. The molecule has 3 heterocycles. The van der Waals surface area contributed by atoms with Gasteiger partial charge in [-0.15, -0.1) is 0 Å². The molecule has 0 unspecified atom stereocenters. The highest BCUT2D eigenvalue weighted by Crippen LogP contribution is 2.32. The number of aromatic amines is 1. The maximum absolute atomic E-state index is 12.6. The van der Waals surface area contributed by atoms with Crippen LogP contribution >= 0.6 is 11.8 Å². The lowest BCUT2D eigenvalue weighted by atomic mass is 10.1. The Bertz CT molecular complexity index is 1370. The van der Waals surface area contributed by atoms with Gasteiger partial charge in [0, 0.05) is 0 Å². The maximum atomic E-state index is 12.6. The zero-order chi connectivity index (χ0) is 22.8. The van der Waals surface area contributed by atoms with Crippen LogP contribution in [0.5, 0.6) is 11.5 Å². The van der Waals surface area contributed by atoms with Gasteiger partial charge in [0.05, 0.1) is 23.7 Å². The van der Waals surface area contributed by atoms with Gasteiger partial charge in [-0.1, -0.05) is 36.0 Å². The minimum Gasteiger partial charge on any atom is -0.486 e. The molecule has 0 aliphatic carbocycles. The number of benzene rings is 2. The van der Waals surface area contributed by atoms with Crippen LogP contribution in [0.1, 0.15) is 18.5 Å². The summed E-state index contributed by atoms with van der Waals surface area (Å²) in [6.45, 7) is 2.94. The standard InChI is InChI=1S/C23H21N5O4S/c1-14(15-7-8-18-19(11-15)32-10-9-31-18)25-20(29)13-33-23-26-21-17(22(30)27-23)12-24-28(21)16-5-3-2-4-6-16/h2-8,11-12,14H,9-10,13H2,1H3,(H,25,29)(H,26,27,30)/t14-/m0/s1. The molecule has 33 heavy (non-hydrogen) atoms. The number of H-pyrrole nitrogens is 1. The molecule has 2 N–H and O–H groups in total. The van der Waals surface area contributed by atoms with Crippen molar-refractivity contribution in [2.45, 2.75) is 18.1 Å². The number of amides is 1. The number of aromatic nitrogens is 4. The molecule has 0 fully saturated rings. The van der Waals surface area contributed by atoms with Crippen LogP contribution < -0.4 is 20.3 Å². The van der Waals surface area contributed by atoms with Crippen molar-refractivity contribution in [3.8, 4) is 17.2 Å². The van der Waals surface area contributed by atoms with Crippen LogP contribution in [0.3, 0.4) is 0 Å². The largest absolute Gasteiger partial charge is 0.486 e. The van der Waals surface area contributed by atoms with Crippen LogP contribution in [0, 0.1) is 0 Å². The van der Waals surface area contributed by atoms with Gasteiger partial charge in [-0.25, -0.2) is 9.67 Å². The monoisotopic (exact) mass is 463 g/mol. The smallest absolute Gasteiger partial charge is 0.262 e. The molecule has 1 aliphatic rings. The number of thioether (sulfide) groups is 1. The number of nitrogens with zero attached hydrogens (tertiary/aromatic N) is 3. The summed E-state index contributed by atoms with van der Waals surface area (Å²) in [6.07, 6.45) is 1.49. The number of carbonyl (C=O) groups excluding carboxylic acids is 1. The molecule has 1 aliphatic heterocycles. The molecule has 2 aromatic heterocycles. The van der Waals surface area contributed by atoms with Crippen molar-refractivity contribution < 1.29 is 14.3 Å². The first-order valence-corrected chi connectivity index (χ1v) is 11.4. The Hall–Kier alpha value is -3.79. The number of hydrogen-bond acceptors (Lipinski definition) is 7. The summed E-state index contributed by atoms with van der Waals surface area (Å²) in [5, 5.41) is 8.00. The van der Waals surface area contributed by atoms with Gasteiger partial charge < -0.3 is 19.8 Å². The average molecular weight is 464 g/mol. The van der Waals surface area contributed by atoms with Gasteiger partial charge in [0.2, 0.25) is 5.91 Å². The van der Waals surface area contributed by atoms with E-state index in [0.717, 1.165) is 23.0 Å². The average Bonchev–Trinajstić information content (AvgIpc) is 3.27. The van der Waals surface area contributed by atoms with Gasteiger partial charge >= 0.3 is 0 Å². The number of fused-ring (bicyclic) bond motifs is 2. The molecule has 0 bridgehead atoms. The topological polar surface area (TPSA) is 111 Å². The summed E-state index contributed by atoms with van der Waals surface area (Å²) in [4.78, 5) is 32.3. The first kappa shape index (κ1) is 21.1. The Morgan fingerprint density at radius 1 is 1.18 bits per heavy atom. The molecule has 9 nitrogen and oxygen atoms in total. The van der Waals surface area contributed by atoms with Crippen molar-refractivity contribution in [1.29, 1.82) is 0 Å². The molecule has 2 aromatic carbocycles.